The van der Waals surface area contributed by atoms with Crippen LogP contribution in [0.2, 0.25) is 0 Å². The van der Waals surface area contributed by atoms with Gasteiger partial charge in [-0.3, -0.25) is 4.79 Å². The van der Waals surface area contributed by atoms with Crippen LogP contribution in [-0.4, -0.2) is 25.4 Å². The lowest BCUT2D eigenvalue weighted by Crippen LogP contribution is -2.19. The second-order valence-electron chi connectivity index (χ2n) is 6.02. The SMILES string of the molecule is Cc1ccnn1-c1cc2c(cc1F)c(=O)c(C(=O)O)cn2C1CC1. The van der Waals surface area contributed by atoms with Crippen LogP contribution in [0.1, 0.15) is 34.9 Å². The zero-order valence-electron chi connectivity index (χ0n) is 12.9. The number of aryl methyl sites for hydroxylation is 1. The maximum atomic E-state index is 14.6. The number of aromatic carboxylic acids is 1. The van der Waals surface area contributed by atoms with Crippen molar-refractivity contribution < 1.29 is 14.3 Å². The summed E-state index contributed by atoms with van der Waals surface area (Å²) in [6.45, 7) is 1.80. The number of carboxylic acid groups (broad SMARTS) is 1. The van der Waals surface area contributed by atoms with Crippen molar-refractivity contribution in [1.29, 1.82) is 0 Å². The van der Waals surface area contributed by atoms with Gasteiger partial charge in [0.1, 0.15) is 17.1 Å². The molecule has 0 atom stereocenters. The van der Waals surface area contributed by atoms with Crippen LogP contribution in [-0.2, 0) is 0 Å². The van der Waals surface area contributed by atoms with Crippen molar-refractivity contribution >= 4 is 16.9 Å². The molecular formula is C17H14FN3O3. The minimum Gasteiger partial charge on any atom is -0.477 e. The van der Waals surface area contributed by atoms with E-state index in [4.69, 9.17) is 0 Å². The van der Waals surface area contributed by atoms with Gasteiger partial charge in [0.25, 0.3) is 0 Å². The van der Waals surface area contributed by atoms with E-state index in [0.29, 0.717) is 5.52 Å². The maximum Gasteiger partial charge on any atom is 0.341 e. The van der Waals surface area contributed by atoms with Crippen molar-refractivity contribution in [3.8, 4) is 5.69 Å². The Morgan fingerprint density at radius 3 is 2.71 bits per heavy atom. The predicted octanol–water partition coefficient (Wildman–Crippen LogP) is 2.67. The van der Waals surface area contributed by atoms with E-state index in [1.807, 2.05) is 0 Å². The van der Waals surface area contributed by atoms with E-state index < -0.39 is 17.2 Å². The number of pyridine rings is 1. The number of halogens is 1. The van der Waals surface area contributed by atoms with Crippen LogP contribution in [0.15, 0.2) is 35.4 Å². The topological polar surface area (TPSA) is 77.1 Å². The summed E-state index contributed by atoms with van der Waals surface area (Å²) in [7, 11) is 0. The molecule has 1 aliphatic rings. The summed E-state index contributed by atoms with van der Waals surface area (Å²) in [6.07, 6.45) is 4.75. The Morgan fingerprint density at radius 2 is 2.12 bits per heavy atom. The van der Waals surface area contributed by atoms with E-state index in [1.54, 1.807) is 29.8 Å². The number of hydrogen-bond acceptors (Lipinski definition) is 3. The van der Waals surface area contributed by atoms with Crippen molar-refractivity contribution in [1.82, 2.24) is 14.3 Å². The molecule has 0 aliphatic heterocycles. The van der Waals surface area contributed by atoms with Crippen molar-refractivity contribution in [2.45, 2.75) is 25.8 Å². The molecule has 6 nitrogen and oxygen atoms in total. The minimum absolute atomic E-state index is 0.0767. The average Bonchev–Trinajstić information content (AvgIpc) is 3.29. The molecule has 1 fully saturated rings. The molecule has 4 rings (SSSR count). The summed E-state index contributed by atoms with van der Waals surface area (Å²) >= 11 is 0. The van der Waals surface area contributed by atoms with Crippen molar-refractivity contribution in [3.05, 3.63) is 57.9 Å². The third kappa shape index (κ3) is 2.12. The Bertz CT molecular complexity index is 1050. The molecule has 1 aliphatic carbocycles. The van der Waals surface area contributed by atoms with Gasteiger partial charge in [-0.05, 0) is 38.0 Å². The molecule has 7 heteroatoms. The fourth-order valence-corrected chi connectivity index (χ4v) is 2.95. The third-order valence-electron chi connectivity index (χ3n) is 4.33. The van der Waals surface area contributed by atoms with Crippen molar-refractivity contribution in [2.75, 3.05) is 0 Å². The summed E-state index contributed by atoms with van der Waals surface area (Å²) in [5, 5.41) is 13.4. The van der Waals surface area contributed by atoms with Gasteiger partial charge in [0.05, 0.1) is 5.52 Å². The highest BCUT2D eigenvalue weighted by molar-refractivity contribution is 5.93. The molecule has 3 aromatic rings. The predicted molar refractivity (Wildman–Crippen MR) is 85.3 cm³/mol. The first-order valence-corrected chi connectivity index (χ1v) is 7.60. The Morgan fingerprint density at radius 1 is 1.38 bits per heavy atom. The normalized spacial score (nSPS) is 14.2. The summed E-state index contributed by atoms with van der Waals surface area (Å²) in [4.78, 5) is 23.7. The lowest BCUT2D eigenvalue weighted by Gasteiger charge is -2.14. The van der Waals surface area contributed by atoms with E-state index in [9.17, 15) is 19.1 Å². The van der Waals surface area contributed by atoms with Crippen LogP contribution >= 0.6 is 0 Å². The first-order chi connectivity index (χ1) is 11.5. The van der Waals surface area contributed by atoms with Gasteiger partial charge >= 0.3 is 5.97 Å². The van der Waals surface area contributed by atoms with E-state index in [2.05, 4.69) is 5.10 Å². The minimum atomic E-state index is -1.30. The third-order valence-corrected chi connectivity index (χ3v) is 4.33. The molecule has 0 spiro atoms. The van der Waals surface area contributed by atoms with E-state index in [0.717, 1.165) is 24.6 Å². The number of rotatable bonds is 3. The number of carboxylic acids is 1. The quantitative estimate of drug-likeness (QED) is 0.802. The fraction of sp³-hybridized carbons (Fsp3) is 0.235. The fourth-order valence-electron chi connectivity index (χ4n) is 2.95. The highest BCUT2D eigenvalue weighted by Crippen LogP contribution is 2.37. The molecule has 122 valence electrons. The van der Waals surface area contributed by atoms with Gasteiger partial charge in [-0.2, -0.15) is 5.10 Å². The van der Waals surface area contributed by atoms with Gasteiger partial charge in [-0.15, -0.1) is 0 Å². The molecule has 24 heavy (non-hydrogen) atoms. The van der Waals surface area contributed by atoms with Crippen LogP contribution in [0.25, 0.3) is 16.6 Å². The molecule has 0 saturated heterocycles. The smallest absolute Gasteiger partial charge is 0.341 e. The van der Waals surface area contributed by atoms with Crippen molar-refractivity contribution in [2.24, 2.45) is 0 Å². The van der Waals surface area contributed by atoms with Crippen LogP contribution in [0.5, 0.6) is 0 Å². The highest BCUT2D eigenvalue weighted by Gasteiger charge is 2.27. The average molecular weight is 327 g/mol. The molecule has 1 saturated carbocycles. The molecule has 1 N–H and O–H groups in total. The van der Waals surface area contributed by atoms with E-state index in [-0.39, 0.29) is 22.7 Å². The summed E-state index contributed by atoms with van der Waals surface area (Å²) < 4.78 is 17.8. The van der Waals surface area contributed by atoms with Gasteiger partial charge in [-0.25, -0.2) is 13.9 Å². The molecule has 0 radical (unpaired) electrons. The van der Waals surface area contributed by atoms with Crippen LogP contribution in [0, 0.1) is 12.7 Å². The number of hydrogen-bond donors (Lipinski definition) is 1. The Hall–Kier alpha value is -2.96. The van der Waals surface area contributed by atoms with Crippen LogP contribution in [0.4, 0.5) is 4.39 Å². The van der Waals surface area contributed by atoms with Crippen LogP contribution < -0.4 is 5.43 Å². The lowest BCUT2D eigenvalue weighted by atomic mass is 10.1. The monoisotopic (exact) mass is 327 g/mol. The maximum absolute atomic E-state index is 14.6. The summed E-state index contributed by atoms with van der Waals surface area (Å²) in [6, 6.07) is 4.57. The molecule has 2 heterocycles. The number of aromatic nitrogens is 3. The molecule has 0 unspecified atom stereocenters. The summed E-state index contributed by atoms with van der Waals surface area (Å²) in [5.74, 6) is -1.92. The Kier molecular flexibility index (Phi) is 3.06. The Balaban J connectivity index is 2.08. The second-order valence-corrected chi connectivity index (χ2v) is 6.02. The van der Waals surface area contributed by atoms with Gasteiger partial charge in [-0.1, -0.05) is 0 Å². The molecule has 0 amide bonds. The van der Waals surface area contributed by atoms with Gasteiger partial charge < -0.3 is 9.67 Å². The second kappa shape index (κ2) is 5.02. The zero-order valence-corrected chi connectivity index (χ0v) is 12.9. The zero-order chi connectivity index (χ0) is 17.0. The van der Waals surface area contributed by atoms with Gasteiger partial charge in [0, 0.05) is 29.5 Å². The number of benzene rings is 1. The first kappa shape index (κ1) is 14.6. The number of fused-ring (bicyclic) bond motifs is 1. The first-order valence-electron chi connectivity index (χ1n) is 7.60. The van der Waals surface area contributed by atoms with Crippen molar-refractivity contribution in [3.63, 3.8) is 0 Å². The van der Waals surface area contributed by atoms with Crippen LogP contribution in [0.3, 0.4) is 0 Å². The number of nitrogens with zero attached hydrogens (tertiary/aromatic N) is 3. The largest absolute Gasteiger partial charge is 0.477 e. The molecule has 2 aromatic heterocycles. The lowest BCUT2D eigenvalue weighted by molar-refractivity contribution is 0.0695. The highest BCUT2D eigenvalue weighted by atomic mass is 19.1. The Labute approximate surface area is 135 Å². The van der Waals surface area contributed by atoms with E-state index in [1.165, 1.54) is 10.9 Å². The standard InChI is InChI=1S/C17H14FN3O3/c1-9-4-5-19-21(9)15-7-14-11(6-13(15)18)16(22)12(17(23)24)8-20(14)10-2-3-10/h4-8,10H,2-3H2,1H3,(H,23,24). The summed E-state index contributed by atoms with van der Waals surface area (Å²) in [5.41, 5.74) is 0.519. The van der Waals surface area contributed by atoms with Gasteiger partial charge in [0.15, 0.2) is 0 Å². The molecule has 0 bridgehead atoms. The van der Waals surface area contributed by atoms with E-state index >= 15 is 0 Å². The number of carbonyl (C=O) groups is 1. The molecule has 1 aromatic carbocycles. The molecular weight excluding hydrogens is 313 g/mol. The van der Waals surface area contributed by atoms with Gasteiger partial charge in [0.2, 0.25) is 5.43 Å².